The van der Waals surface area contributed by atoms with E-state index in [1.807, 2.05) is 13.8 Å². The predicted molar refractivity (Wildman–Crippen MR) is 76.6 cm³/mol. The third-order valence-corrected chi connectivity index (χ3v) is 5.78. The fraction of sp³-hybridized carbons (Fsp3) is 0.583. The standard InChI is InChI=1S/C12H19NO5S2/c1-12(2,6-3-7-14)8-13-20(17,18)10-5-4-9(19-10)11(15)16/h4-5,13-14H,3,6-8H2,1-2H3,(H,15,16). The van der Waals surface area contributed by atoms with E-state index in [2.05, 4.69) is 4.72 Å². The summed E-state index contributed by atoms with van der Waals surface area (Å²) in [7, 11) is -3.69. The number of rotatable bonds is 8. The summed E-state index contributed by atoms with van der Waals surface area (Å²) in [5.74, 6) is -1.14. The molecule has 0 aliphatic heterocycles. The van der Waals surface area contributed by atoms with Gasteiger partial charge in [0.1, 0.15) is 9.09 Å². The number of carboxylic acids is 1. The van der Waals surface area contributed by atoms with Crippen LogP contribution in [0.4, 0.5) is 0 Å². The number of aromatic carboxylic acids is 1. The number of thiophene rings is 1. The van der Waals surface area contributed by atoms with Gasteiger partial charge in [0.25, 0.3) is 0 Å². The summed E-state index contributed by atoms with van der Waals surface area (Å²) in [5.41, 5.74) is -0.275. The maximum absolute atomic E-state index is 12.0. The number of carboxylic acid groups (broad SMARTS) is 1. The summed E-state index contributed by atoms with van der Waals surface area (Å²) in [5, 5.41) is 17.6. The van der Waals surface area contributed by atoms with Crippen molar-refractivity contribution in [3.63, 3.8) is 0 Å². The summed E-state index contributed by atoms with van der Waals surface area (Å²) in [6, 6.07) is 2.57. The molecule has 0 aromatic carbocycles. The zero-order chi connectivity index (χ0) is 15.4. The number of sulfonamides is 1. The third-order valence-electron chi connectivity index (χ3n) is 2.81. The van der Waals surface area contributed by atoms with Gasteiger partial charge in [-0.1, -0.05) is 13.8 Å². The Hall–Kier alpha value is -0.960. The molecule has 1 aromatic rings. The highest BCUT2D eigenvalue weighted by Crippen LogP contribution is 2.24. The molecular weight excluding hydrogens is 302 g/mol. The van der Waals surface area contributed by atoms with Crippen LogP contribution in [-0.2, 0) is 10.0 Å². The third kappa shape index (κ3) is 4.86. The number of hydrogen-bond acceptors (Lipinski definition) is 5. The van der Waals surface area contributed by atoms with Crippen LogP contribution in [0.3, 0.4) is 0 Å². The molecule has 6 nitrogen and oxygen atoms in total. The van der Waals surface area contributed by atoms with Crippen molar-refractivity contribution >= 4 is 27.3 Å². The Bertz CT molecular complexity index is 562. The van der Waals surface area contributed by atoms with Crippen molar-refractivity contribution < 1.29 is 23.4 Å². The van der Waals surface area contributed by atoms with E-state index in [4.69, 9.17) is 10.2 Å². The van der Waals surface area contributed by atoms with Gasteiger partial charge in [0.15, 0.2) is 0 Å². The van der Waals surface area contributed by atoms with Crippen molar-refractivity contribution in [2.75, 3.05) is 13.2 Å². The monoisotopic (exact) mass is 321 g/mol. The van der Waals surface area contributed by atoms with Crippen LogP contribution in [0.15, 0.2) is 16.3 Å². The molecule has 0 aliphatic rings. The van der Waals surface area contributed by atoms with Gasteiger partial charge in [0.2, 0.25) is 10.0 Å². The topological polar surface area (TPSA) is 104 Å². The lowest BCUT2D eigenvalue weighted by Crippen LogP contribution is -2.33. The second-order valence-corrected chi connectivity index (χ2v) is 8.32. The lowest BCUT2D eigenvalue weighted by atomic mass is 9.88. The largest absolute Gasteiger partial charge is 0.477 e. The van der Waals surface area contributed by atoms with E-state index >= 15 is 0 Å². The summed E-state index contributed by atoms with van der Waals surface area (Å²) < 4.78 is 26.6. The summed E-state index contributed by atoms with van der Waals surface area (Å²) >= 11 is 0.726. The van der Waals surface area contributed by atoms with Crippen LogP contribution in [0.5, 0.6) is 0 Å². The van der Waals surface area contributed by atoms with E-state index in [0.717, 1.165) is 11.3 Å². The SMILES string of the molecule is CC(C)(CCCO)CNS(=O)(=O)c1ccc(C(=O)O)s1. The van der Waals surface area contributed by atoms with Crippen molar-refractivity contribution in [1.29, 1.82) is 0 Å². The first-order valence-electron chi connectivity index (χ1n) is 6.12. The van der Waals surface area contributed by atoms with Gasteiger partial charge in [-0.15, -0.1) is 11.3 Å². The van der Waals surface area contributed by atoms with Crippen LogP contribution >= 0.6 is 11.3 Å². The van der Waals surface area contributed by atoms with Crippen LogP contribution < -0.4 is 4.72 Å². The average Bonchev–Trinajstić information content (AvgIpc) is 2.85. The molecule has 0 spiro atoms. The minimum atomic E-state index is -3.69. The van der Waals surface area contributed by atoms with E-state index in [1.54, 1.807) is 0 Å². The summed E-state index contributed by atoms with van der Waals surface area (Å²) in [6.45, 7) is 4.11. The summed E-state index contributed by atoms with van der Waals surface area (Å²) in [6.07, 6.45) is 1.30. The highest BCUT2D eigenvalue weighted by atomic mass is 32.2. The van der Waals surface area contributed by atoms with Crippen LogP contribution in [0.2, 0.25) is 0 Å². The first-order valence-corrected chi connectivity index (χ1v) is 8.41. The Morgan fingerprint density at radius 2 is 2.05 bits per heavy atom. The molecule has 0 fully saturated rings. The Morgan fingerprint density at radius 3 is 2.55 bits per heavy atom. The van der Waals surface area contributed by atoms with Crippen LogP contribution in [0.25, 0.3) is 0 Å². The van der Waals surface area contributed by atoms with Crippen LogP contribution in [0, 0.1) is 5.41 Å². The summed E-state index contributed by atoms with van der Waals surface area (Å²) in [4.78, 5) is 10.7. The molecule has 20 heavy (non-hydrogen) atoms. The lowest BCUT2D eigenvalue weighted by molar-refractivity contribution is 0.0702. The van der Waals surface area contributed by atoms with Crippen molar-refractivity contribution in [3.8, 4) is 0 Å². The van der Waals surface area contributed by atoms with Crippen molar-refractivity contribution in [3.05, 3.63) is 17.0 Å². The number of hydrogen-bond donors (Lipinski definition) is 3. The van der Waals surface area contributed by atoms with Crippen molar-refractivity contribution in [2.45, 2.75) is 30.9 Å². The van der Waals surface area contributed by atoms with Gasteiger partial charge in [0, 0.05) is 13.2 Å². The van der Waals surface area contributed by atoms with Gasteiger partial charge in [-0.05, 0) is 30.4 Å². The van der Waals surface area contributed by atoms with E-state index in [-0.39, 0.29) is 27.7 Å². The maximum Gasteiger partial charge on any atom is 0.345 e. The minimum absolute atomic E-state index is 0.00661. The second kappa shape index (κ2) is 6.66. The first-order chi connectivity index (χ1) is 9.18. The number of carbonyl (C=O) groups is 1. The highest BCUT2D eigenvalue weighted by molar-refractivity contribution is 7.91. The molecule has 0 radical (unpaired) electrons. The smallest absolute Gasteiger partial charge is 0.345 e. The zero-order valence-corrected chi connectivity index (χ0v) is 13.1. The van der Waals surface area contributed by atoms with Gasteiger partial charge >= 0.3 is 5.97 Å². The molecule has 0 unspecified atom stereocenters. The van der Waals surface area contributed by atoms with Gasteiger partial charge in [-0.25, -0.2) is 17.9 Å². The van der Waals surface area contributed by atoms with Crippen LogP contribution in [-0.4, -0.2) is 37.8 Å². The Labute approximate surface area is 122 Å². The molecule has 0 saturated carbocycles. The second-order valence-electron chi connectivity index (χ2n) is 5.24. The fourth-order valence-electron chi connectivity index (χ4n) is 1.59. The van der Waals surface area contributed by atoms with Crippen molar-refractivity contribution in [2.24, 2.45) is 5.41 Å². The van der Waals surface area contributed by atoms with Crippen molar-refractivity contribution in [1.82, 2.24) is 4.72 Å². The number of nitrogens with one attached hydrogen (secondary N) is 1. The average molecular weight is 321 g/mol. The molecule has 0 atom stereocenters. The number of aliphatic hydroxyl groups is 1. The first kappa shape index (κ1) is 17.1. The molecule has 8 heteroatoms. The van der Waals surface area contributed by atoms with Gasteiger partial charge in [-0.3, -0.25) is 0 Å². The molecule has 1 rings (SSSR count). The molecule has 0 amide bonds. The molecule has 3 N–H and O–H groups in total. The Balaban J connectivity index is 2.72. The predicted octanol–water partition coefficient (Wildman–Crippen LogP) is 1.52. The van der Waals surface area contributed by atoms with E-state index in [9.17, 15) is 13.2 Å². The van der Waals surface area contributed by atoms with E-state index in [1.165, 1.54) is 12.1 Å². The van der Waals surface area contributed by atoms with E-state index < -0.39 is 16.0 Å². The molecular formula is C12H19NO5S2. The quantitative estimate of drug-likeness (QED) is 0.673. The lowest BCUT2D eigenvalue weighted by Gasteiger charge is -2.24. The maximum atomic E-state index is 12.0. The fourth-order valence-corrected chi connectivity index (χ4v) is 4.02. The molecule has 1 aromatic heterocycles. The molecule has 114 valence electrons. The molecule has 0 aliphatic carbocycles. The number of aliphatic hydroxyl groups excluding tert-OH is 1. The van der Waals surface area contributed by atoms with E-state index in [0.29, 0.717) is 12.8 Å². The van der Waals surface area contributed by atoms with Gasteiger partial charge in [-0.2, -0.15) is 0 Å². The molecule has 0 bridgehead atoms. The van der Waals surface area contributed by atoms with Gasteiger partial charge in [0.05, 0.1) is 0 Å². The van der Waals surface area contributed by atoms with Crippen LogP contribution in [0.1, 0.15) is 36.4 Å². The Morgan fingerprint density at radius 1 is 1.40 bits per heavy atom. The van der Waals surface area contributed by atoms with Gasteiger partial charge < -0.3 is 10.2 Å². The molecule has 1 heterocycles. The minimum Gasteiger partial charge on any atom is -0.477 e. The Kier molecular flexibility index (Phi) is 5.69. The zero-order valence-electron chi connectivity index (χ0n) is 11.4. The highest BCUT2D eigenvalue weighted by Gasteiger charge is 2.23. The molecule has 0 saturated heterocycles. The normalized spacial score (nSPS) is 12.6.